The number of hydrogen-bond donors (Lipinski definition) is 0. The van der Waals surface area contributed by atoms with Crippen LogP contribution in [-0.2, 0) is 12.8 Å². The van der Waals surface area contributed by atoms with Gasteiger partial charge in [-0.05, 0) is 75.3 Å². The molecule has 0 fully saturated rings. The SMILES string of the molecule is Brc1cc(Cc2ccccc2)ccc1N=Nc1ccc(Cc2ccccc2)cc1. The summed E-state index contributed by atoms with van der Waals surface area (Å²) in [6.07, 6.45) is 1.83. The Balaban J connectivity index is 1.42. The molecule has 0 bridgehead atoms. The van der Waals surface area contributed by atoms with E-state index < -0.39 is 0 Å². The van der Waals surface area contributed by atoms with E-state index in [1.807, 2.05) is 30.3 Å². The van der Waals surface area contributed by atoms with Crippen LogP contribution in [0.2, 0.25) is 0 Å². The summed E-state index contributed by atoms with van der Waals surface area (Å²) in [5.74, 6) is 0. The van der Waals surface area contributed by atoms with Gasteiger partial charge in [-0.1, -0.05) is 78.9 Å². The quantitative estimate of drug-likeness (QED) is 0.271. The zero-order valence-corrected chi connectivity index (χ0v) is 17.6. The van der Waals surface area contributed by atoms with E-state index >= 15 is 0 Å². The summed E-state index contributed by atoms with van der Waals surface area (Å²) in [7, 11) is 0. The summed E-state index contributed by atoms with van der Waals surface area (Å²) in [4.78, 5) is 0. The molecule has 4 aromatic rings. The molecule has 3 heteroatoms. The van der Waals surface area contributed by atoms with Crippen molar-refractivity contribution < 1.29 is 0 Å². The van der Waals surface area contributed by atoms with Crippen LogP contribution >= 0.6 is 15.9 Å². The number of benzene rings is 4. The summed E-state index contributed by atoms with van der Waals surface area (Å²) < 4.78 is 0.954. The summed E-state index contributed by atoms with van der Waals surface area (Å²) in [5.41, 5.74) is 6.79. The zero-order valence-electron chi connectivity index (χ0n) is 16.0. The minimum Gasteiger partial charge on any atom is -0.151 e. The molecule has 4 rings (SSSR count). The van der Waals surface area contributed by atoms with Crippen LogP contribution in [0.25, 0.3) is 0 Å². The van der Waals surface area contributed by atoms with Crippen LogP contribution in [0.3, 0.4) is 0 Å². The van der Waals surface area contributed by atoms with Crippen LogP contribution in [0.15, 0.2) is 118 Å². The molecule has 0 amide bonds. The maximum atomic E-state index is 4.42. The Labute approximate surface area is 180 Å². The molecule has 0 aliphatic rings. The molecule has 2 nitrogen and oxygen atoms in total. The van der Waals surface area contributed by atoms with Crippen molar-refractivity contribution >= 4 is 27.3 Å². The topological polar surface area (TPSA) is 24.7 Å². The lowest BCUT2D eigenvalue weighted by Gasteiger charge is -2.05. The predicted octanol–water partition coefficient (Wildman–Crippen LogP) is 8.05. The van der Waals surface area contributed by atoms with Gasteiger partial charge in [0.05, 0.1) is 11.4 Å². The molecule has 0 N–H and O–H groups in total. The second kappa shape index (κ2) is 9.44. The highest BCUT2D eigenvalue weighted by atomic mass is 79.9. The Bertz CT molecular complexity index is 1090. The highest BCUT2D eigenvalue weighted by molar-refractivity contribution is 9.10. The lowest BCUT2D eigenvalue weighted by Crippen LogP contribution is -1.87. The van der Waals surface area contributed by atoms with Gasteiger partial charge in [-0.3, -0.25) is 0 Å². The highest BCUT2D eigenvalue weighted by Gasteiger charge is 2.03. The molecular weight excluding hydrogens is 420 g/mol. The summed E-state index contributed by atoms with van der Waals surface area (Å²) in [5, 5.41) is 8.81. The average Bonchev–Trinajstić information content (AvgIpc) is 2.76. The lowest BCUT2D eigenvalue weighted by atomic mass is 10.0. The molecular formula is C26H21BrN2. The van der Waals surface area contributed by atoms with E-state index in [1.165, 1.54) is 22.3 Å². The molecule has 0 atom stereocenters. The molecule has 0 aromatic heterocycles. The smallest absolute Gasteiger partial charge is 0.0999 e. The minimum atomic E-state index is 0.829. The van der Waals surface area contributed by atoms with Gasteiger partial charge >= 0.3 is 0 Å². The Morgan fingerprint density at radius 3 is 1.62 bits per heavy atom. The molecule has 0 saturated carbocycles. The van der Waals surface area contributed by atoms with Gasteiger partial charge in [0.1, 0.15) is 0 Å². The zero-order chi connectivity index (χ0) is 19.9. The van der Waals surface area contributed by atoms with Gasteiger partial charge in [-0.25, -0.2) is 0 Å². The molecule has 0 unspecified atom stereocenters. The molecule has 0 aliphatic carbocycles. The van der Waals surface area contributed by atoms with Crippen molar-refractivity contribution in [2.24, 2.45) is 10.2 Å². The fraction of sp³-hybridized carbons (Fsp3) is 0.0769. The molecule has 0 aliphatic heterocycles. The molecule has 0 spiro atoms. The summed E-state index contributed by atoms with van der Waals surface area (Å²) in [6.45, 7) is 0. The maximum Gasteiger partial charge on any atom is 0.0999 e. The highest BCUT2D eigenvalue weighted by Crippen LogP contribution is 2.29. The van der Waals surface area contributed by atoms with Crippen LogP contribution in [0.4, 0.5) is 11.4 Å². The van der Waals surface area contributed by atoms with E-state index in [9.17, 15) is 0 Å². The molecule has 142 valence electrons. The first-order chi connectivity index (χ1) is 14.3. The third-order valence-electron chi connectivity index (χ3n) is 4.72. The van der Waals surface area contributed by atoms with Crippen molar-refractivity contribution in [1.82, 2.24) is 0 Å². The Kier molecular flexibility index (Phi) is 6.28. The van der Waals surface area contributed by atoms with E-state index in [1.54, 1.807) is 0 Å². The standard InChI is InChI=1S/C26H21BrN2/c27-25-19-23(18-21-9-5-2-6-10-21)13-16-26(25)29-28-24-14-11-22(12-15-24)17-20-7-3-1-4-8-20/h1-16,19H,17-18H2. The van der Waals surface area contributed by atoms with Crippen LogP contribution in [0.5, 0.6) is 0 Å². The molecule has 0 radical (unpaired) electrons. The van der Waals surface area contributed by atoms with E-state index in [0.29, 0.717) is 0 Å². The van der Waals surface area contributed by atoms with Gasteiger partial charge in [-0.15, -0.1) is 5.11 Å². The lowest BCUT2D eigenvalue weighted by molar-refractivity contribution is 1.16. The summed E-state index contributed by atoms with van der Waals surface area (Å²) >= 11 is 3.63. The minimum absolute atomic E-state index is 0.829. The van der Waals surface area contributed by atoms with Crippen LogP contribution in [0.1, 0.15) is 22.3 Å². The van der Waals surface area contributed by atoms with Crippen LogP contribution in [0, 0.1) is 0 Å². The van der Waals surface area contributed by atoms with Crippen molar-refractivity contribution in [3.05, 3.63) is 130 Å². The van der Waals surface area contributed by atoms with Crippen molar-refractivity contribution in [2.75, 3.05) is 0 Å². The third kappa shape index (κ3) is 5.49. The van der Waals surface area contributed by atoms with Crippen LogP contribution < -0.4 is 0 Å². The van der Waals surface area contributed by atoms with E-state index in [0.717, 1.165) is 28.7 Å². The fourth-order valence-electron chi connectivity index (χ4n) is 3.20. The normalized spacial score (nSPS) is 11.1. The Morgan fingerprint density at radius 2 is 1.03 bits per heavy atom. The van der Waals surface area contributed by atoms with Gasteiger partial charge in [0.2, 0.25) is 0 Å². The average molecular weight is 441 g/mol. The van der Waals surface area contributed by atoms with Gasteiger partial charge < -0.3 is 0 Å². The Morgan fingerprint density at radius 1 is 0.517 bits per heavy atom. The Hall–Kier alpha value is -3.04. The summed E-state index contributed by atoms with van der Waals surface area (Å²) in [6, 6.07) is 35.4. The molecule has 0 saturated heterocycles. The second-order valence-electron chi connectivity index (χ2n) is 6.98. The monoisotopic (exact) mass is 440 g/mol. The van der Waals surface area contributed by atoms with Crippen LogP contribution in [-0.4, -0.2) is 0 Å². The largest absolute Gasteiger partial charge is 0.151 e. The number of hydrogen-bond acceptors (Lipinski definition) is 2. The van der Waals surface area contributed by atoms with Gasteiger partial charge in [0.15, 0.2) is 0 Å². The van der Waals surface area contributed by atoms with Crippen molar-refractivity contribution in [2.45, 2.75) is 12.8 Å². The van der Waals surface area contributed by atoms with E-state index in [4.69, 9.17) is 0 Å². The fourth-order valence-corrected chi connectivity index (χ4v) is 3.70. The second-order valence-corrected chi connectivity index (χ2v) is 7.83. The molecule has 29 heavy (non-hydrogen) atoms. The molecule has 0 heterocycles. The number of rotatable bonds is 6. The van der Waals surface area contributed by atoms with E-state index in [-0.39, 0.29) is 0 Å². The first kappa shape index (κ1) is 19.3. The van der Waals surface area contributed by atoms with Crippen molar-refractivity contribution in [3.8, 4) is 0 Å². The van der Waals surface area contributed by atoms with Gasteiger partial charge in [0.25, 0.3) is 0 Å². The third-order valence-corrected chi connectivity index (χ3v) is 5.36. The number of azo groups is 1. The predicted molar refractivity (Wildman–Crippen MR) is 123 cm³/mol. The van der Waals surface area contributed by atoms with E-state index in [2.05, 4.69) is 99.0 Å². The first-order valence-electron chi connectivity index (χ1n) is 9.63. The van der Waals surface area contributed by atoms with Gasteiger partial charge in [0, 0.05) is 4.47 Å². The van der Waals surface area contributed by atoms with Crippen molar-refractivity contribution in [1.29, 1.82) is 0 Å². The number of halogens is 1. The van der Waals surface area contributed by atoms with Crippen molar-refractivity contribution in [3.63, 3.8) is 0 Å². The number of nitrogens with zero attached hydrogens (tertiary/aromatic N) is 2. The van der Waals surface area contributed by atoms with Gasteiger partial charge in [-0.2, -0.15) is 5.11 Å². The molecule has 4 aromatic carbocycles. The maximum absolute atomic E-state index is 4.42. The first-order valence-corrected chi connectivity index (χ1v) is 10.4.